The number of nitrogens with one attached hydrogen (secondary N) is 3. The topological polar surface area (TPSA) is 76.3 Å². The van der Waals surface area contributed by atoms with Crippen LogP contribution in [0.1, 0.15) is 24.1 Å². The highest BCUT2D eigenvalue weighted by Gasteiger charge is 2.16. The minimum absolute atomic E-state index is 0.308. The van der Waals surface area contributed by atoms with Crippen LogP contribution in [0.2, 0.25) is 0 Å². The zero-order chi connectivity index (χ0) is 19.9. The van der Waals surface area contributed by atoms with Crippen molar-refractivity contribution < 1.29 is 9.18 Å². The summed E-state index contributed by atoms with van der Waals surface area (Å²) >= 11 is 0. The molecule has 2 heterocycles. The van der Waals surface area contributed by atoms with Gasteiger partial charge in [-0.2, -0.15) is 5.10 Å². The smallest absolute Gasteiger partial charge is 0.319 e. The van der Waals surface area contributed by atoms with E-state index in [4.69, 9.17) is 0 Å². The molecule has 7 nitrogen and oxygen atoms in total. The predicted octanol–water partition coefficient (Wildman–Crippen LogP) is 2.75. The van der Waals surface area contributed by atoms with Crippen LogP contribution in [0.15, 0.2) is 24.4 Å². The number of carbonyl (C=O) groups is 1. The average Bonchev–Trinajstić information content (AvgIpc) is 2.94. The first-order valence-electron chi connectivity index (χ1n) is 9.79. The van der Waals surface area contributed by atoms with Gasteiger partial charge in [-0.15, -0.1) is 0 Å². The number of carbonyl (C=O) groups excluding carboxylic acids is 1. The lowest BCUT2D eigenvalue weighted by Crippen LogP contribution is -2.30. The van der Waals surface area contributed by atoms with E-state index in [2.05, 4.69) is 37.7 Å². The van der Waals surface area contributed by atoms with E-state index in [0.717, 1.165) is 56.7 Å². The lowest BCUT2D eigenvalue weighted by atomic mass is 10.1. The maximum atomic E-state index is 14.6. The number of likely N-dealkylation sites (N-methyl/N-ethyl adjacent to an activating group) is 1. The number of aryl methyl sites for hydroxylation is 2. The number of H-pyrrole nitrogens is 1. The van der Waals surface area contributed by atoms with Gasteiger partial charge in [-0.1, -0.05) is 0 Å². The van der Waals surface area contributed by atoms with E-state index >= 15 is 0 Å². The first-order chi connectivity index (χ1) is 13.5. The number of rotatable bonds is 6. The van der Waals surface area contributed by atoms with E-state index in [0.29, 0.717) is 17.9 Å². The number of hydrogen-bond acceptors (Lipinski definition) is 4. The monoisotopic (exact) mass is 388 g/mol. The normalized spacial score (nSPS) is 15.3. The Hall–Kier alpha value is -2.61. The van der Waals surface area contributed by atoms with Crippen molar-refractivity contribution in [2.75, 3.05) is 50.0 Å². The first kappa shape index (κ1) is 20.1. The van der Waals surface area contributed by atoms with Crippen LogP contribution < -0.4 is 15.5 Å². The van der Waals surface area contributed by atoms with Gasteiger partial charge >= 0.3 is 6.03 Å². The summed E-state index contributed by atoms with van der Waals surface area (Å²) in [6.45, 7) is 6.10. The molecule has 1 aliphatic rings. The molecule has 0 aliphatic carbocycles. The molecule has 1 aromatic carbocycles. The first-order valence-corrected chi connectivity index (χ1v) is 9.79. The second-order valence-corrected chi connectivity index (χ2v) is 7.31. The molecule has 0 bridgehead atoms. The van der Waals surface area contributed by atoms with E-state index in [1.165, 1.54) is 6.07 Å². The predicted molar refractivity (Wildman–Crippen MR) is 109 cm³/mol. The number of anilines is 2. The van der Waals surface area contributed by atoms with E-state index in [-0.39, 0.29) is 11.8 Å². The van der Waals surface area contributed by atoms with Gasteiger partial charge in [-0.3, -0.25) is 5.10 Å². The van der Waals surface area contributed by atoms with Crippen LogP contribution in [-0.4, -0.2) is 60.9 Å². The summed E-state index contributed by atoms with van der Waals surface area (Å²) in [4.78, 5) is 16.4. The van der Waals surface area contributed by atoms with Gasteiger partial charge in [0.2, 0.25) is 0 Å². The zero-order valence-corrected chi connectivity index (χ0v) is 16.6. The molecule has 3 N–H and O–H groups in total. The molecule has 8 heteroatoms. The third-order valence-corrected chi connectivity index (χ3v) is 5.11. The highest BCUT2D eigenvalue weighted by Crippen LogP contribution is 2.24. The summed E-state index contributed by atoms with van der Waals surface area (Å²) in [5.74, 6) is -0.308. The third kappa shape index (κ3) is 5.45. The molecule has 0 saturated carbocycles. The molecule has 152 valence electrons. The van der Waals surface area contributed by atoms with E-state index in [1.807, 2.05) is 13.1 Å². The van der Waals surface area contributed by atoms with Crippen molar-refractivity contribution in [3.8, 4) is 0 Å². The minimum atomic E-state index is -0.326. The molecule has 1 fully saturated rings. The lowest BCUT2D eigenvalue weighted by Gasteiger charge is -2.23. The van der Waals surface area contributed by atoms with E-state index < -0.39 is 0 Å². The molecule has 1 aromatic heterocycles. The molecule has 28 heavy (non-hydrogen) atoms. The summed E-state index contributed by atoms with van der Waals surface area (Å²) in [5, 5.41) is 12.4. The molecule has 2 amide bonds. The van der Waals surface area contributed by atoms with Crippen LogP contribution in [0.5, 0.6) is 0 Å². The number of urea groups is 1. The highest BCUT2D eigenvalue weighted by atomic mass is 19.1. The standard InChI is InChI=1S/C20H29FN6O/c1-15-16(14-23-25-15)5-3-8-22-20(28)24-17-6-7-19(18(21)13-17)27-10-4-9-26(2)11-12-27/h6-7,13-14H,3-5,8-12H2,1-2H3,(H,23,25)(H2,22,24,28). The van der Waals surface area contributed by atoms with Gasteiger partial charge in [-0.05, 0) is 63.5 Å². The fourth-order valence-corrected chi connectivity index (χ4v) is 3.41. The molecule has 1 aliphatic heterocycles. The van der Waals surface area contributed by atoms with Crippen molar-refractivity contribution in [3.05, 3.63) is 41.5 Å². The molecule has 3 rings (SSSR count). The SMILES string of the molecule is Cc1[nH]ncc1CCCNC(=O)Nc1ccc(N2CCCN(C)CC2)c(F)c1. The molecule has 2 aromatic rings. The quantitative estimate of drug-likeness (QED) is 0.665. The molecular weight excluding hydrogens is 359 g/mol. The van der Waals surface area contributed by atoms with E-state index in [1.54, 1.807) is 12.1 Å². The summed E-state index contributed by atoms with van der Waals surface area (Å²) in [6.07, 6.45) is 4.47. The Morgan fingerprint density at radius 2 is 2.14 bits per heavy atom. The number of hydrogen-bond donors (Lipinski definition) is 3. The Labute approximate surface area is 165 Å². The average molecular weight is 388 g/mol. The third-order valence-electron chi connectivity index (χ3n) is 5.11. The van der Waals surface area contributed by atoms with Gasteiger partial charge in [0, 0.05) is 37.6 Å². The van der Waals surface area contributed by atoms with Crippen molar-refractivity contribution in [1.82, 2.24) is 20.4 Å². The molecule has 0 unspecified atom stereocenters. The molecule has 0 radical (unpaired) electrons. The van der Waals surface area contributed by atoms with Crippen molar-refractivity contribution in [1.29, 1.82) is 0 Å². The fraction of sp³-hybridized carbons (Fsp3) is 0.500. The maximum Gasteiger partial charge on any atom is 0.319 e. The Kier molecular flexibility index (Phi) is 6.86. The molecule has 0 spiro atoms. The van der Waals surface area contributed by atoms with Crippen molar-refractivity contribution >= 4 is 17.4 Å². The van der Waals surface area contributed by atoms with Crippen LogP contribution >= 0.6 is 0 Å². The summed E-state index contributed by atoms with van der Waals surface area (Å²) in [5.41, 5.74) is 3.25. The van der Waals surface area contributed by atoms with Gasteiger partial charge in [0.15, 0.2) is 0 Å². The second kappa shape index (κ2) is 9.54. The Morgan fingerprint density at radius 1 is 1.29 bits per heavy atom. The second-order valence-electron chi connectivity index (χ2n) is 7.31. The maximum absolute atomic E-state index is 14.6. The number of aromatic nitrogens is 2. The van der Waals surface area contributed by atoms with Gasteiger partial charge in [-0.25, -0.2) is 9.18 Å². The van der Waals surface area contributed by atoms with Crippen LogP contribution in [0.25, 0.3) is 0 Å². The van der Waals surface area contributed by atoms with Crippen LogP contribution in [0, 0.1) is 12.7 Å². The van der Waals surface area contributed by atoms with Crippen molar-refractivity contribution in [3.63, 3.8) is 0 Å². The summed E-state index contributed by atoms with van der Waals surface area (Å²) in [7, 11) is 2.09. The van der Waals surface area contributed by atoms with Crippen LogP contribution in [0.3, 0.4) is 0 Å². The largest absolute Gasteiger partial charge is 0.368 e. The van der Waals surface area contributed by atoms with E-state index in [9.17, 15) is 9.18 Å². The zero-order valence-electron chi connectivity index (χ0n) is 16.6. The number of nitrogens with zero attached hydrogens (tertiary/aromatic N) is 3. The fourth-order valence-electron chi connectivity index (χ4n) is 3.41. The van der Waals surface area contributed by atoms with Crippen molar-refractivity contribution in [2.24, 2.45) is 0 Å². The summed E-state index contributed by atoms with van der Waals surface area (Å²) in [6, 6.07) is 4.56. The molecular formula is C20H29FN6O. The number of amides is 2. The van der Waals surface area contributed by atoms with Crippen molar-refractivity contribution in [2.45, 2.75) is 26.2 Å². The number of benzene rings is 1. The summed E-state index contributed by atoms with van der Waals surface area (Å²) < 4.78 is 14.6. The Morgan fingerprint density at radius 3 is 2.89 bits per heavy atom. The van der Waals surface area contributed by atoms with Gasteiger partial charge in [0.25, 0.3) is 0 Å². The Bertz CT molecular complexity index is 793. The minimum Gasteiger partial charge on any atom is -0.368 e. The van der Waals surface area contributed by atoms with Gasteiger partial charge in [0.1, 0.15) is 5.82 Å². The van der Waals surface area contributed by atoms with Gasteiger partial charge in [0.05, 0.1) is 11.9 Å². The number of halogens is 1. The highest BCUT2D eigenvalue weighted by molar-refractivity contribution is 5.89. The molecule has 1 saturated heterocycles. The molecule has 0 atom stereocenters. The lowest BCUT2D eigenvalue weighted by molar-refractivity contribution is 0.252. The van der Waals surface area contributed by atoms with Crippen LogP contribution in [-0.2, 0) is 6.42 Å². The Balaban J connectivity index is 1.47. The van der Waals surface area contributed by atoms with Gasteiger partial charge < -0.3 is 20.4 Å². The van der Waals surface area contributed by atoms with Crippen LogP contribution in [0.4, 0.5) is 20.6 Å². The number of aromatic amines is 1.